The molecule has 4 nitrogen and oxygen atoms in total. The Bertz CT molecular complexity index is 1050. The lowest BCUT2D eigenvalue weighted by Gasteiger charge is -2.18. The second-order valence-electron chi connectivity index (χ2n) is 8.14. The molecule has 0 bridgehead atoms. The predicted octanol–water partition coefficient (Wildman–Crippen LogP) is 6.84. The molecule has 1 aromatic heterocycles. The topological polar surface area (TPSA) is 59.4 Å². The van der Waals surface area contributed by atoms with Crippen molar-refractivity contribution in [3.05, 3.63) is 77.5 Å². The van der Waals surface area contributed by atoms with Crippen molar-refractivity contribution in [1.29, 1.82) is 0 Å². The maximum atomic E-state index is 10.9. The Morgan fingerprint density at radius 3 is 2.61 bits per heavy atom. The lowest BCUT2D eigenvalue weighted by molar-refractivity contribution is -0.136. The van der Waals surface area contributed by atoms with Crippen LogP contribution in [0.5, 0.6) is 5.75 Å². The number of hydrogen-bond donors (Lipinski definition) is 1. The first-order valence-corrected chi connectivity index (χ1v) is 12.7. The molecule has 1 atom stereocenters. The largest absolute Gasteiger partial charge is 0.490 e. The average Bonchev–Trinajstić information content (AvgIpc) is 2.83. The van der Waals surface area contributed by atoms with Gasteiger partial charge in [0.2, 0.25) is 0 Å². The Kier molecular flexibility index (Phi) is 9.37. The normalized spacial score (nSPS) is 11.8. The maximum Gasteiger partial charge on any atom is 0.303 e. The van der Waals surface area contributed by atoms with Gasteiger partial charge in [0.25, 0.3) is 0 Å². The highest BCUT2D eigenvalue weighted by atomic mass is 32.2. The number of carboxylic acids is 1. The van der Waals surface area contributed by atoms with E-state index in [4.69, 9.17) is 9.84 Å². The minimum absolute atomic E-state index is 0.0768. The van der Waals surface area contributed by atoms with Crippen LogP contribution in [0.2, 0.25) is 0 Å². The number of carboxylic acid groups (broad SMARTS) is 1. The molecule has 0 aliphatic heterocycles. The van der Waals surface area contributed by atoms with Crippen LogP contribution in [-0.2, 0) is 24.1 Å². The number of aliphatic carboxylic acids is 1. The average molecular weight is 464 g/mol. The highest BCUT2D eigenvalue weighted by molar-refractivity contribution is 7.99. The van der Waals surface area contributed by atoms with Crippen LogP contribution in [0.4, 0.5) is 0 Å². The quantitative estimate of drug-likeness (QED) is 0.298. The van der Waals surface area contributed by atoms with Crippen molar-refractivity contribution in [1.82, 2.24) is 4.98 Å². The van der Waals surface area contributed by atoms with Gasteiger partial charge in [0.05, 0.1) is 11.8 Å². The smallest absolute Gasteiger partial charge is 0.303 e. The fourth-order valence-electron chi connectivity index (χ4n) is 3.75. The summed E-state index contributed by atoms with van der Waals surface area (Å²) in [5.41, 5.74) is 5.61. The van der Waals surface area contributed by atoms with Crippen LogP contribution in [0.1, 0.15) is 50.3 Å². The molecule has 0 unspecified atom stereocenters. The van der Waals surface area contributed by atoms with E-state index in [1.807, 2.05) is 36.2 Å². The predicted molar refractivity (Wildman–Crippen MR) is 136 cm³/mol. The van der Waals surface area contributed by atoms with Crippen molar-refractivity contribution in [2.75, 3.05) is 5.75 Å². The number of hydrogen-bond acceptors (Lipinski definition) is 4. The SMILES string of the molecule is CCc1ccc(O[C@H](C)CCSc2ccc(CCC(=O)O)c(CC)c2)c(-c2ccccn2)c1. The van der Waals surface area contributed by atoms with E-state index in [1.165, 1.54) is 16.0 Å². The standard InChI is InChI=1S/C28H33NO3S/c1-4-21-9-13-27(25(18-21)26-8-6-7-16-29-26)32-20(3)15-17-33-24-12-10-23(11-14-28(30)31)22(5-2)19-24/h6-10,12-13,16,18-20H,4-5,11,14-15,17H2,1-3H3,(H,30,31)/t20-/m1/s1. The molecule has 33 heavy (non-hydrogen) atoms. The van der Waals surface area contributed by atoms with Gasteiger partial charge in [-0.05, 0) is 85.7 Å². The van der Waals surface area contributed by atoms with Crippen LogP contribution in [0.25, 0.3) is 11.3 Å². The summed E-state index contributed by atoms with van der Waals surface area (Å²) in [7, 11) is 0. The van der Waals surface area contributed by atoms with Crippen molar-refractivity contribution in [3.63, 3.8) is 0 Å². The maximum absolute atomic E-state index is 10.9. The van der Waals surface area contributed by atoms with E-state index in [9.17, 15) is 4.79 Å². The Labute approximate surface area is 201 Å². The van der Waals surface area contributed by atoms with Gasteiger partial charge >= 0.3 is 5.97 Å². The molecule has 0 radical (unpaired) electrons. The van der Waals surface area contributed by atoms with Crippen LogP contribution < -0.4 is 4.74 Å². The Balaban J connectivity index is 1.60. The highest BCUT2D eigenvalue weighted by Gasteiger charge is 2.13. The van der Waals surface area contributed by atoms with Gasteiger partial charge in [0.15, 0.2) is 0 Å². The molecule has 5 heteroatoms. The number of ether oxygens (including phenoxy) is 1. The number of benzene rings is 2. The monoisotopic (exact) mass is 463 g/mol. The number of aryl methyl sites for hydroxylation is 3. The summed E-state index contributed by atoms with van der Waals surface area (Å²) in [5.74, 6) is 1.07. The van der Waals surface area contributed by atoms with Crippen LogP contribution in [0.3, 0.4) is 0 Å². The van der Waals surface area contributed by atoms with Crippen LogP contribution in [-0.4, -0.2) is 27.9 Å². The molecule has 3 rings (SSSR count). The van der Waals surface area contributed by atoms with Gasteiger partial charge in [-0.15, -0.1) is 11.8 Å². The molecule has 1 heterocycles. The van der Waals surface area contributed by atoms with E-state index in [0.717, 1.165) is 47.6 Å². The van der Waals surface area contributed by atoms with E-state index < -0.39 is 5.97 Å². The summed E-state index contributed by atoms with van der Waals surface area (Å²) in [5, 5.41) is 8.96. The lowest BCUT2D eigenvalue weighted by Crippen LogP contribution is -2.13. The molecule has 0 spiro atoms. The molecule has 0 amide bonds. The summed E-state index contributed by atoms with van der Waals surface area (Å²) >= 11 is 1.82. The Morgan fingerprint density at radius 1 is 1.06 bits per heavy atom. The Hall–Kier alpha value is -2.79. The summed E-state index contributed by atoms with van der Waals surface area (Å²) in [6.07, 6.45) is 5.46. The van der Waals surface area contributed by atoms with E-state index in [-0.39, 0.29) is 12.5 Å². The van der Waals surface area contributed by atoms with Gasteiger partial charge in [-0.25, -0.2) is 0 Å². The minimum Gasteiger partial charge on any atom is -0.490 e. The molecule has 174 valence electrons. The van der Waals surface area contributed by atoms with E-state index in [1.54, 1.807) is 0 Å². The first-order valence-electron chi connectivity index (χ1n) is 11.7. The van der Waals surface area contributed by atoms with Gasteiger partial charge in [0, 0.05) is 28.8 Å². The summed E-state index contributed by atoms with van der Waals surface area (Å²) < 4.78 is 6.35. The molecule has 3 aromatic rings. The minimum atomic E-state index is -0.750. The summed E-state index contributed by atoms with van der Waals surface area (Å²) in [6.45, 7) is 6.39. The zero-order valence-corrected chi connectivity index (χ0v) is 20.5. The third-order valence-electron chi connectivity index (χ3n) is 5.68. The van der Waals surface area contributed by atoms with Crippen molar-refractivity contribution in [2.45, 2.75) is 63.9 Å². The second kappa shape index (κ2) is 12.4. The fraction of sp³-hybridized carbons (Fsp3) is 0.357. The molecule has 0 saturated carbocycles. The van der Waals surface area contributed by atoms with Crippen molar-refractivity contribution in [2.24, 2.45) is 0 Å². The van der Waals surface area contributed by atoms with E-state index in [2.05, 4.69) is 62.2 Å². The lowest BCUT2D eigenvalue weighted by atomic mass is 10.0. The molecule has 0 fully saturated rings. The third-order valence-corrected chi connectivity index (χ3v) is 6.71. The highest BCUT2D eigenvalue weighted by Crippen LogP contribution is 2.31. The zero-order chi connectivity index (χ0) is 23.6. The second-order valence-corrected chi connectivity index (χ2v) is 9.31. The number of aromatic nitrogens is 1. The van der Waals surface area contributed by atoms with Crippen molar-refractivity contribution < 1.29 is 14.6 Å². The molecule has 0 aliphatic rings. The number of thioether (sulfide) groups is 1. The number of rotatable bonds is 12. The first kappa shape index (κ1) is 24.8. The molecular weight excluding hydrogens is 430 g/mol. The van der Waals surface area contributed by atoms with Crippen LogP contribution >= 0.6 is 11.8 Å². The van der Waals surface area contributed by atoms with Gasteiger partial charge in [-0.2, -0.15) is 0 Å². The molecule has 0 saturated heterocycles. The van der Waals surface area contributed by atoms with E-state index in [0.29, 0.717) is 6.42 Å². The third kappa shape index (κ3) is 7.36. The zero-order valence-electron chi connectivity index (χ0n) is 19.7. The van der Waals surface area contributed by atoms with Gasteiger partial charge in [-0.3, -0.25) is 9.78 Å². The summed E-state index contributed by atoms with van der Waals surface area (Å²) in [6, 6.07) is 18.7. The molecular formula is C28H33NO3S. The molecule has 2 aromatic carbocycles. The fourth-order valence-corrected chi connectivity index (χ4v) is 4.82. The molecule has 1 N–H and O–H groups in total. The van der Waals surface area contributed by atoms with E-state index >= 15 is 0 Å². The number of pyridine rings is 1. The van der Waals surface area contributed by atoms with Gasteiger partial charge in [0.1, 0.15) is 5.75 Å². The molecule has 0 aliphatic carbocycles. The number of carbonyl (C=O) groups is 1. The Morgan fingerprint density at radius 2 is 1.91 bits per heavy atom. The van der Waals surface area contributed by atoms with Gasteiger partial charge in [-0.1, -0.05) is 32.0 Å². The van der Waals surface area contributed by atoms with Crippen molar-refractivity contribution >= 4 is 17.7 Å². The van der Waals surface area contributed by atoms with Crippen molar-refractivity contribution in [3.8, 4) is 17.0 Å². The van der Waals surface area contributed by atoms with Gasteiger partial charge < -0.3 is 9.84 Å². The first-order chi connectivity index (χ1) is 16.0. The van der Waals surface area contributed by atoms with Crippen LogP contribution in [0.15, 0.2) is 65.7 Å². The summed E-state index contributed by atoms with van der Waals surface area (Å²) in [4.78, 5) is 16.6. The number of nitrogens with zero attached hydrogens (tertiary/aromatic N) is 1. The van der Waals surface area contributed by atoms with Crippen LogP contribution in [0, 0.1) is 0 Å².